The van der Waals surface area contributed by atoms with E-state index in [1.165, 1.54) is 11.8 Å². The van der Waals surface area contributed by atoms with Gasteiger partial charge < -0.3 is 9.47 Å². The molecule has 0 radical (unpaired) electrons. The van der Waals surface area contributed by atoms with Crippen molar-refractivity contribution in [2.24, 2.45) is 10.8 Å². The van der Waals surface area contributed by atoms with Crippen molar-refractivity contribution in [2.75, 3.05) is 19.8 Å². The Hall–Kier alpha value is -1.59. The SMILES string of the molecule is CC(C)(C)CCOC(=O)N1CCC(=O)C1(C)C(=O)OCCC(C)(C)C. The molecule has 0 spiro atoms. The van der Waals surface area contributed by atoms with Gasteiger partial charge in [-0.1, -0.05) is 41.5 Å². The second-order valence-corrected chi connectivity index (χ2v) is 9.27. The van der Waals surface area contributed by atoms with E-state index >= 15 is 0 Å². The number of rotatable bonds is 5. The monoisotopic (exact) mass is 355 g/mol. The van der Waals surface area contributed by atoms with E-state index in [-0.39, 0.29) is 42.8 Å². The zero-order valence-electron chi connectivity index (χ0n) is 16.7. The Morgan fingerprint density at radius 3 is 1.96 bits per heavy atom. The fourth-order valence-electron chi connectivity index (χ4n) is 2.44. The quantitative estimate of drug-likeness (QED) is 0.557. The molecule has 6 heteroatoms. The maximum absolute atomic E-state index is 12.5. The first kappa shape index (κ1) is 21.5. The van der Waals surface area contributed by atoms with Gasteiger partial charge in [0.05, 0.1) is 13.2 Å². The van der Waals surface area contributed by atoms with Gasteiger partial charge in [0.15, 0.2) is 11.3 Å². The predicted molar refractivity (Wildman–Crippen MR) is 95.2 cm³/mol. The normalized spacial score (nSPS) is 21.4. The first-order valence-electron chi connectivity index (χ1n) is 8.92. The van der Waals surface area contributed by atoms with Crippen molar-refractivity contribution in [3.05, 3.63) is 0 Å². The molecule has 1 rings (SSSR count). The van der Waals surface area contributed by atoms with Crippen LogP contribution < -0.4 is 0 Å². The number of carbonyl (C=O) groups is 3. The van der Waals surface area contributed by atoms with Crippen LogP contribution in [0.15, 0.2) is 0 Å². The van der Waals surface area contributed by atoms with E-state index in [9.17, 15) is 14.4 Å². The number of Topliss-reactive ketones (excluding diaryl/α,β-unsaturated/α-hetero) is 1. The van der Waals surface area contributed by atoms with E-state index in [0.29, 0.717) is 12.8 Å². The minimum Gasteiger partial charge on any atom is -0.464 e. The number of hydrogen-bond acceptors (Lipinski definition) is 5. The van der Waals surface area contributed by atoms with Gasteiger partial charge in [0.1, 0.15) is 0 Å². The Bertz CT molecular complexity index is 515. The zero-order chi connectivity index (χ0) is 19.5. The summed E-state index contributed by atoms with van der Waals surface area (Å²) in [5.74, 6) is -0.979. The van der Waals surface area contributed by atoms with Crippen molar-refractivity contribution in [2.45, 2.75) is 73.3 Å². The highest BCUT2D eigenvalue weighted by Crippen LogP contribution is 2.29. The lowest BCUT2D eigenvalue weighted by Crippen LogP contribution is -2.55. The molecule has 25 heavy (non-hydrogen) atoms. The van der Waals surface area contributed by atoms with Gasteiger partial charge in [-0.25, -0.2) is 9.59 Å². The van der Waals surface area contributed by atoms with Crippen molar-refractivity contribution < 1.29 is 23.9 Å². The highest BCUT2D eigenvalue weighted by Gasteiger charge is 2.54. The lowest BCUT2D eigenvalue weighted by molar-refractivity contribution is -0.158. The molecule has 6 nitrogen and oxygen atoms in total. The first-order valence-corrected chi connectivity index (χ1v) is 8.92. The van der Waals surface area contributed by atoms with Gasteiger partial charge >= 0.3 is 12.1 Å². The third kappa shape index (κ3) is 6.01. The van der Waals surface area contributed by atoms with Crippen LogP contribution in [0.5, 0.6) is 0 Å². The molecule has 1 aliphatic rings. The van der Waals surface area contributed by atoms with Gasteiger partial charge in [-0.2, -0.15) is 0 Å². The molecule has 0 N–H and O–H groups in total. The summed E-state index contributed by atoms with van der Waals surface area (Å²) in [6.07, 6.45) is 0.885. The maximum Gasteiger partial charge on any atom is 0.411 e. The second kappa shape index (κ2) is 7.75. The maximum atomic E-state index is 12.5. The lowest BCUT2D eigenvalue weighted by atomic mass is 9.93. The molecule has 0 saturated carbocycles. The van der Waals surface area contributed by atoms with Crippen molar-refractivity contribution in [3.63, 3.8) is 0 Å². The number of amides is 1. The zero-order valence-corrected chi connectivity index (χ0v) is 16.7. The summed E-state index contributed by atoms with van der Waals surface area (Å²) in [7, 11) is 0. The summed E-state index contributed by atoms with van der Waals surface area (Å²) in [4.78, 5) is 38.4. The van der Waals surface area contributed by atoms with Crippen molar-refractivity contribution in [1.82, 2.24) is 4.90 Å². The van der Waals surface area contributed by atoms with Gasteiger partial charge in [-0.05, 0) is 30.6 Å². The fraction of sp³-hybridized carbons (Fsp3) is 0.842. The summed E-state index contributed by atoms with van der Waals surface area (Å²) >= 11 is 0. The fourth-order valence-corrected chi connectivity index (χ4v) is 2.44. The summed E-state index contributed by atoms with van der Waals surface area (Å²) in [6.45, 7) is 14.4. The van der Waals surface area contributed by atoms with Gasteiger partial charge in [-0.3, -0.25) is 9.69 Å². The molecular weight excluding hydrogens is 322 g/mol. The minimum absolute atomic E-state index is 0.0203. The Labute approximate surface area is 151 Å². The molecular formula is C19H33NO5. The van der Waals surface area contributed by atoms with Crippen molar-refractivity contribution in [1.29, 1.82) is 0 Å². The van der Waals surface area contributed by atoms with E-state index in [1.807, 2.05) is 20.8 Å². The van der Waals surface area contributed by atoms with Crippen LogP contribution in [0.1, 0.15) is 67.7 Å². The smallest absolute Gasteiger partial charge is 0.411 e. The highest BCUT2D eigenvalue weighted by atomic mass is 16.6. The van der Waals surface area contributed by atoms with E-state index in [2.05, 4.69) is 20.8 Å². The first-order chi connectivity index (χ1) is 11.3. The van der Waals surface area contributed by atoms with E-state index < -0.39 is 17.6 Å². The third-order valence-corrected chi connectivity index (χ3v) is 4.43. The Balaban J connectivity index is 2.71. The van der Waals surface area contributed by atoms with E-state index in [1.54, 1.807) is 0 Å². The second-order valence-electron chi connectivity index (χ2n) is 9.27. The molecule has 1 aliphatic heterocycles. The Morgan fingerprint density at radius 2 is 1.48 bits per heavy atom. The van der Waals surface area contributed by atoms with Crippen LogP contribution in [0.25, 0.3) is 0 Å². The van der Waals surface area contributed by atoms with Crippen LogP contribution >= 0.6 is 0 Å². The van der Waals surface area contributed by atoms with Gasteiger partial charge in [0.2, 0.25) is 0 Å². The number of carbonyl (C=O) groups excluding carboxylic acids is 3. The molecule has 0 bridgehead atoms. The van der Waals surface area contributed by atoms with Crippen molar-refractivity contribution >= 4 is 17.8 Å². The molecule has 0 aliphatic carbocycles. The average molecular weight is 355 g/mol. The van der Waals surface area contributed by atoms with Crippen LogP contribution in [0.4, 0.5) is 4.79 Å². The highest BCUT2D eigenvalue weighted by molar-refractivity contribution is 6.11. The van der Waals surface area contributed by atoms with Crippen LogP contribution in [0.3, 0.4) is 0 Å². The molecule has 1 unspecified atom stereocenters. The molecule has 0 aromatic rings. The summed E-state index contributed by atoms with van der Waals surface area (Å²) < 4.78 is 10.6. The standard InChI is InChI=1S/C19H33NO5/c1-17(2,3)9-12-24-15(22)19(7)14(21)8-11-20(19)16(23)25-13-10-18(4,5)6/h8-13H2,1-7H3. The number of esters is 1. The molecule has 0 aromatic carbocycles. The number of likely N-dealkylation sites (tertiary alicyclic amines) is 1. The van der Waals surface area contributed by atoms with E-state index in [4.69, 9.17) is 9.47 Å². The molecule has 0 aromatic heterocycles. The van der Waals surface area contributed by atoms with Gasteiger partial charge in [0.25, 0.3) is 0 Å². The molecule has 144 valence electrons. The van der Waals surface area contributed by atoms with Crippen LogP contribution in [-0.2, 0) is 19.1 Å². The molecule has 1 fully saturated rings. The van der Waals surface area contributed by atoms with Crippen molar-refractivity contribution in [3.8, 4) is 0 Å². The minimum atomic E-state index is -1.59. The molecule has 1 saturated heterocycles. The van der Waals surface area contributed by atoms with Gasteiger partial charge in [0, 0.05) is 13.0 Å². The molecule has 1 amide bonds. The van der Waals surface area contributed by atoms with Crippen LogP contribution in [0, 0.1) is 10.8 Å². The largest absolute Gasteiger partial charge is 0.464 e. The molecule has 1 atom stereocenters. The Morgan fingerprint density at radius 1 is 1.00 bits per heavy atom. The topological polar surface area (TPSA) is 72.9 Å². The molecule has 1 heterocycles. The number of nitrogens with zero attached hydrogens (tertiary/aromatic N) is 1. The summed E-state index contributed by atoms with van der Waals surface area (Å²) in [5.41, 5.74) is -1.53. The van der Waals surface area contributed by atoms with E-state index in [0.717, 1.165) is 0 Å². The summed E-state index contributed by atoms with van der Waals surface area (Å²) in [6, 6.07) is 0. The Kier molecular flexibility index (Phi) is 6.65. The van der Waals surface area contributed by atoms with Crippen LogP contribution in [0.2, 0.25) is 0 Å². The number of ether oxygens (including phenoxy) is 2. The van der Waals surface area contributed by atoms with Crippen LogP contribution in [-0.4, -0.2) is 48.0 Å². The third-order valence-electron chi connectivity index (χ3n) is 4.43. The number of hydrogen-bond donors (Lipinski definition) is 0. The lowest BCUT2D eigenvalue weighted by Gasteiger charge is -2.31. The predicted octanol–water partition coefficient (Wildman–Crippen LogP) is 3.57. The summed E-state index contributed by atoms with van der Waals surface area (Å²) in [5, 5.41) is 0. The average Bonchev–Trinajstić information content (AvgIpc) is 2.73. The van der Waals surface area contributed by atoms with Gasteiger partial charge in [-0.15, -0.1) is 0 Å². The number of ketones is 1.